The lowest BCUT2D eigenvalue weighted by atomic mass is 9.43. The maximum atomic E-state index is 10.7. The molecule has 31 heavy (non-hydrogen) atoms. The number of hydrogen-bond acceptors (Lipinski definition) is 2. The molecule has 2 heteroatoms. The van der Waals surface area contributed by atoms with Crippen LogP contribution in [0.1, 0.15) is 120 Å². The van der Waals surface area contributed by atoms with E-state index in [1.165, 1.54) is 51.4 Å². The van der Waals surface area contributed by atoms with Gasteiger partial charge in [0.05, 0.1) is 11.7 Å². The standard InChI is InChI=1S/C28H50O2.CH4/c1-18(2)25(29)12-7-19(3)22-10-11-23-21-9-8-20-17-26(4,30)15-16-27(20,5)24(21)13-14-28(22,23)6;/h18-25,29-30H,7-17H2,1-6H3;1H4/t19-,20+,21+,22-,23+,24+,25-,26+,27+,28-;/m1./s1. The summed E-state index contributed by atoms with van der Waals surface area (Å²) in [7, 11) is 0. The summed E-state index contributed by atoms with van der Waals surface area (Å²) in [5, 5.41) is 21.0. The first-order chi connectivity index (χ1) is 14.0. The smallest absolute Gasteiger partial charge is 0.0622 e. The van der Waals surface area contributed by atoms with Crippen LogP contribution in [0.15, 0.2) is 0 Å². The van der Waals surface area contributed by atoms with Gasteiger partial charge in [0.1, 0.15) is 0 Å². The molecule has 4 aliphatic carbocycles. The summed E-state index contributed by atoms with van der Waals surface area (Å²) >= 11 is 0. The summed E-state index contributed by atoms with van der Waals surface area (Å²) < 4.78 is 0. The van der Waals surface area contributed by atoms with Crippen LogP contribution in [0.2, 0.25) is 0 Å². The van der Waals surface area contributed by atoms with E-state index in [0.29, 0.717) is 16.7 Å². The summed E-state index contributed by atoms with van der Waals surface area (Å²) in [4.78, 5) is 0. The molecule has 4 aliphatic rings. The molecule has 2 nitrogen and oxygen atoms in total. The summed E-state index contributed by atoms with van der Waals surface area (Å²) in [6.45, 7) is 14.1. The highest BCUT2D eigenvalue weighted by atomic mass is 16.3. The quantitative estimate of drug-likeness (QED) is 0.471. The van der Waals surface area contributed by atoms with Crippen molar-refractivity contribution in [3.8, 4) is 0 Å². The molecule has 4 rings (SSSR count). The second kappa shape index (κ2) is 8.94. The van der Waals surface area contributed by atoms with Gasteiger partial charge in [-0.25, -0.2) is 0 Å². The SMILES string of the molecule is C.CC(C)[C@H](O)CC[C@@H](C)[C@H]1CC[C@H]2[C@@H]3CC[C@H]4C[C@@](C)(O)CC[C@]4(C)[C@H]3CC[C@]12C. The second-order valence-electron chi connectivity index (χ2n) is 13.5. The molecule has 4 saturated carbocycles. The number of aliphatic hydroxyl groups excluding tert-OH is 1. The highest BCUT2D eigenvalue weighted by Crippen LogP contribution is 2.68. The molecular weight excluding hydrogens is 380 g/mol. The first kappa shape index (κ1) is 25.5. The van der Waals surface area contributed by atoms with Gasteiger partial charge in [-0.1, -0.05) is 42.0 Å². The van der Waals surface area contributed by atoms with Gasteiger partial charge in [0, 0.05) is 0 Å². The van der Waals surface area contributed by atoms with Gasteiger partial charge >= 0.3 is 0 Å². The van der Waals surface area contributed by atoms with Gasteiger partial charge in [0.2, 0.25) is 0 Å². The van der Waals surface area contributed by atoms with Crippen molar-refractivity contribution in [2.75, 3.05) is 0 Å². The lowest BCUT2D eigenvalue weighted by Crippen LogP contribution is -2.55. The summed E-state index contributed by atoms with van der Waals surface area (Å²) in [6, 6.07) is 0. The van der Waals surface area contributed by atoms with Crippen molar-refractivity contribution in [3.05, 3.63) is 0 Å². The topological polar surface area (TPSA) is 40.5 Å². The molecule has 0 radical (unpaired) electrons. The molecule has 10 atom stereocenters. The van der Waals surface area contributed by atoms with Gasteiger partial charge in [-0.2, -0.15) is 0 Å². The van der Waals surface area contributed by atoms with Crippen molar-refractivity contribution in [1.82, 2.24) is 0 Å². The van der Waals surface area contributed by atoms with Crippen LogP contribution in [0.4, 0.5) is 0 Å². The Bertz CT molecular complexity index is 612. The molecule has 0 aromatic heterocycles. The van der Waals surface area contributed by atoms with Crippen LogP contribution in [0, 0.1) is 52.3 Å². The number of aliphatic hydroxyl groups is 2. The van der Waals surface area contributed by atoms with Crippen LogP contribution in [0.3, 0.4) is 0 Å². The Hall–Kier alpha value is -0.0800. The molecule has 2 N–H and O–H groups in total. The Balaban J connectivity index is 0.00000272. The first-order valence-electron chi connectivity index (χ1n) is 13.4. The van der Waals surface area contributed by atoms with Gasteiger partial charge < -0.3 is 10.2 Å². The molecule has 0 unspecified atom stereocenters. The highest BCUT2D eigenvalue weighted by Gasteiger charge is 2.61. The predicted molar refractivity (Wildman–Crippen MR) is 132 cm³/mol. The van der Waals surface area contributed by atoms with Crippen LogP contribution in [0.25, 0.3) is 0 Å². The van der Waals surface area contributed by atoms with E-state index < -0.39 is 5.60 Å². The van der Waals surface area contributed by atoms with E-state index in [0.717, 1.165) is 54.8 Å². The van der Waals surface area contributed by atoms with Gasteiger partial charge in [-0.3, -0.25) is 0 Å². The van der Waals surface area contributed by atoms with Gasteiger partial charge in [0.15, 0.2) is 0 Å². The van der Waals surface area contributed by atoms with Gasteiger partial charge in [-0.15, -0.1) is 0 Å². The average molecular weight is 435 g/mol. The van der Waals surface area contributed by atoms with E-state index >= 15 is 0 Å². The zero-order valence-corrected chi connectivity index (χ0v) is 20.8. The molecule has 0 saturated heterocycles. The highest BCUT2D eigenvalue weighted by molar-refractivity contribution is 5.10. The minimum Gasteiger partial charge on any atom is -0.393 e. The van der Waals surface area contributed by atoms with Crippen molar-refractivity contribution >= 4 is 0 Å². The van der Waals surface area contributed by atoms with Crippen LogP contribution >= 0.6 is 0 Å². The van der Waals surface area contributed by atoms with Crippen molar-refractivity contribution in [2.45, 2.75) is 131 Å². The molecule has 0 heterocycles. The number of fused-ring (bicyclic) bond motifs is 5. The van der Waals surface area contributed by atoms with E-state index in [1.807, 2.05) is 0 Å². The molecule has 0 amide bonds. The fraction of sp³-hybridized carbons (Fsp3) is 1.00. The van der Waals surface area contributed by atoms with Crippen LogP contribution in [-0.2, 0) is 0 Å². The summed E-state index contributed by atoms with van der Waals surface area (Å²) in [6.07, 6.45) is 13.8. The Morgan fingerprint density at radius 2 is 1.48 bits per heavy atom. The molecule has 0 bridgehead atoms. The minimum atomic E-state index is -0.422. The zero-order valence-electron chi connectivity index (χ0n) is 20.8. The number of rotatable bonds is 5. The Morgan fingerprint density at radius 3 is 2.16 bits per heavy atom. The monoisotopic (exact) mass is 434 g/mol. The third-order valence-electron chi connectivity index (χ3n) is 11.4. The third-order valence-corrected chi connectivity index (χ3v) is 11.4. The minimum absolute atomic E-state index is 0. The Labute approximate surface area is 194 Å². The van der Waals surface area contributed by atoms with Crippen molar-refractivity contribution < 1.29 is 10.2 Å². The maximum absolute atomic E-state index is 10.7. The molecule has 0 spiro atoms. The Morgan fingerprint density at radius 1 is 0.806 bits per heavy atom. The zero-order chi connectivity index (χ0) is 21.9. The Kier molecular flexibility index (Phi) is 7.36. The van der Waals surface area contributed by atoms with Gasteiger partial charge in [-0.05, 0) is 130 Å². The second-order valence-corrected chi connectivity index (χ2v) is 13.5. The van der Waals surface area contributed by atoms with Crippen LogP contribution in [0.5, 0.6) is 0 Å². The fourth-order valence-corrected chi connectivity index (χ4v) is 9.37. The summed E-state index contributed by atoms with van der Waals surface area (Å²) in [5.41, 5.74) is 0.568. The lowest BCUT2D eigenvalue weighted by Gasteiger charge is -2.62. The van der Waals surface area contributed by atoms with E-state index in [4.69, 9.17) is 0 Å². The fourth-order valence-electron chi connectivity index (χ4n) is 9.37. The molecule has 182 valence electrons. The van der Waals surface area contributed by atoms with E-state index in [1.54, 1.807) is 0 Å². The molecular formula is C29H54O2. The van der Waals surface area contributed by atoms with E-state index in [2.05, 4.69) is 41.5 Å². The molecule has 0 aliphatic heterocycles. The first-order valence-corrected chi connectivity index (χ1v) is 13.4. The van der Waals surface area contributed by atoms with Crippen molar-refractivity contribution in [2.24, 2.45) is 52.3 Å². The molecule has 0 aromatic rings. The summed E-state index contributed by atoms with van der Waals surface area (Å²) in [5.74, 6) is 5.43. The molecule has 4 fully saturated rings. The van der Waals surface area contributed by atoms with E-state index in [9.17, 15) is 10.2 Å². The van der Waals surface area contributed by atoms with Crippen LogP contribution in [-0.4, -0.2) is 21.9 Å². The van der Waals surface area contributed by atoms with Crippen LogP contribution < -0.4 is 0 Å². The predicted octanol–water partition coefficient (Wildman–Crippen LogP) is 7.47. The average Bonchev–Trinajstić information content (AvgIpc) is 3.03. The van der Waals surface area contributed by atoms with Gasteiger partial charge in [0.25, 0.3) is 0 Å². The van der Waals surface area contributed by atoms with Crippen molar-refractivity contribution in [1.29, 1.82) is 0 Å². The maximum Gasteiger partial charge on any atom is 0.0622 e. The lowest BCUT2D eigenvalue weighted by molar-refractivity contribution is -0.148. The normalized spacial score (nSPS) is 48.9. The molecule has 0 aromatic carbocycles. The number of hydrogen-bond donors (Lipinski definition) is 2. The van der Waals surface area contributed by atoms with E-state index in [-0.39, 0.29) is 13.5 Å². The third kappa shape index (κ3) is 4.39. The van der Waals surface area contributed by atoms with Crippen molar-refractivity contribution in [3.63, 3.8) is 0 Å². The largest absolute Gasteiger partial charge is 0.393 e.